The molecule has 0 aromatic rings. The third-order valence-electron chi connectivity index (χ3n) is 2.68. The van der Waals surface area contributed by atoms with Crippen LogP contribution in [0.5, 0.6) is 0 Å². The first-order valence-corrected chi connectivity index (χ1v) is 4.89. The predicted molar refractivity (Wildman–Crippen MR) is 51.8 cm³/mol. The minimum atomic E-state index is 0.626. The fourth-order valence-electron chi connectivity index (χ4n) is 1.61. The Morgan fingerprint density at radius 3 is 2.67 bits per heavy atom. The highest BCUT2D eigenvalue weighted by molar-refractivity contribution is 4.78. The smallest absolute Gasteiger partial charge is 0.0254 e. The van der Waals surface area contributed by atoms with E-state index in [1.807, 2.05) is 7.05 Å². The van der Waals surface area contributed by atoms with Gasteiger partial charge in [-0.2, -0.15) is 0 Å². The predicted octanol–water partition coefficient (Wildman–Crippen LogP) is 0.487. The van der Waals surface area contributed by atoms with E-state index in [-0.39, 0.29) is 0 Å². The molecular formula is C9H21N3. The van der Waals surface area contributed by atoms with Crippen LogP contribution in [0.3, 0.4) is 0 Å². The average molecular weight is 171 g/mol. The summed E-state index contributed by atoms with van der Waals surface area (Å²) in [5.41, 5.74) is 6.62. The van der Waals surface area contributed by atoms with Crippen LogP contribution >= 0.6 is 0 Å². The molecule has 1 saturated heterocycles. The summed E-state index contributed by atoms with van der Waals surface area (Å²) in [7, 11) is 2.03. The molecular weight excluding hydrogens is 150 g/mol. The SMILES string of the molecule is CN[C@@H]1CC[C@H](C(C)C)NNC1. The van der Waals surface area contributed by atoms with E-state index in [1.54, 1.807) is 0 Å². The molecule has 1 rings (SSSR count). The molecule has 0 bridgehead atoms. The lowest BCUT2D eigenvalue weighted by atomic mass is 9.98. The summed E-state index contributed by atoms with van der Waals surface area (Å²) in [6.07, 6.45) is 2.52. The molecule has 0 amide bonds. The van der Waals surface area contributed by atoms with Gasteiger partial charge in [-0.1, -0.05) is 13.8 Å². The molecule has 0 spiro atoms. The van der Waals surface area contributed by atoms with Crippen LogP contribution in [-0.2, 0) is 0 Å². The highest BCUT2D eigenvalue weighted by atomic mass is 15.4. The van der Waals surface area contributed by atoms with Crippen molar-refractivity contribution in [2.75, 3.05) is 13.6 Å². The summed E-state index contributed by atoms with van der Waals surface area (Å²) in [6, 6.07) is 1.25. The van der Waals surface area contributed by atoms with Crippen LogP contribution in [0.2, 0.25) is 0 Å². The largest absolute Gasteiger partial charge is 0.316 e. The Labute approximate surface area is 75.3 Å². The second kappa shape index (κ2) is 4.80. The van der Waals surface area contributed by atoms with Gasteiger partial charge in [-0.3, -0.25) is 10.9 Å². The molecule has 72 valence electrons. The zero-order valence-electron chi connectivity index (χ0n) is 8.35. The van der Waals surface area contributed by atoms with Crippen molar-refractivity contribution < 1.29 is 0 Å². The van der Waals surface area contributed by atoms with Gasteiger partial charge in [0.25, 0.3) is 0 Å². The molecule has 12 heavy (non-hydrogen) atoms. The van der Waals surface area contributed by atoms with Crippen molar-refractivity contribution in [1.29, 1.82) is 0 Å². The van der Waals surface area contributed by atoms with Gasteiger partial charge in [0.05, 0.1) is 0 Å². The van der Waals surface area contributed by atoms with Gasteiger partial charge in [-0.05, 0) is 25.8 Å². The van der Waals surface area contributed by atoms with E-state index in [1.165, 1.54) is 12.8 Å². The maximum atomic E-state index is 3.36. The molecule has 2 atom stereocenters. The van der Waals surface area contributed by atoms with Crippen LogP contribution in [0.15, 0.2) is 0 Å². The molecule has 1 aliphatic heterocycles. The van der Waals surface area contributed by atoms with Crippen LogP contribution in [0.4, 0.5) is 0 Å². The lowest BCUT2D eigenvalue weighted by molar-refractivity contribution is 0.357. The van der Waals surface area contributed by atoms with Gasteiger partial charge in [0.1, 0.15) is 0 Å². The van der Waals surface area contributed by atoms with Gasteiger partial charge >= 0.3 is 0 Å². The summed E-state index contributed by atoms with van der Waals surface area (Å²) in [5.74, 6) is 0.716. The number of nitrogens with one attached hydrogen (secondary N) is 3. The van der Waals surface area contributed by atoms with Crippen LogP contribution < -0.4 is 16.2 Å². The maximum Gasteiger partial charge on any atom is 0.0254 e. The fraction of sp³-hybridized carbons (Fsp3) is 1.00. The molecule has 0 aromatic carbocycles. The number of hydrogen-bond acceptors (Lipinski definition) is 3. The average Bonchev–Trinajstić information content (AvgIpc) is 2.28. The lowest BCUT2D eigenvalue weighted by Crippen LogP contribution is -2.44. The van der Waals surface area contributed by atoms with Gasteiger partial charge in [0.15, 0.2) is 0 Å². The van der Waals surface area contributed by atoms with Crippen molar-refractivity contribution in [1.82, 2.24) is 16.2 Å². The number of hydrogen-bond donors (Lipinski definition) is 3. The van der Waals surface area contributed by atoms with E-state index in [0.29, 0.717) is 18.0 Å². The fourth-order valence-corrected chi connectivity index (χ4v) is 1.61. The lowest BCUT2D eigenvalue weighted by Gasteiger charge is -2.19. The molecule has 3 heteroatoms. The summed E-state index contributed by atoms with van der Waals surface area (Å²) in [5, 5.41) is 3.30. The van der Waals surface area contributed by atoms with Crippen molar-refractivity contribution >= 4 is 0 Å². The van der Waals surface area contributed by atoms with Crippen LogP contribution in [-0.4, -0.2) is 25.7 Å². The highest BCUT2D eigenvalue weighted by Gasteiger charge is 2.18. The Morgan fingerprint density at radius 1 is 1.33 bits per heavy atom. The molecule has 1 heterocycles. The molecule has 0 aliphatic carbocycles. The maximum absolute atomic E-state index is 3.36. The monoisotopic (exact) mass is 171 g/mol. The molecule has 3 nitrogen and oxygen atoms in total. The van der Waals surface area contributed by atoms with Crippen molar-refractivity contribution in [3.8, 4) is 0 Å². The standard InChI is InChI=1S/C9H21N3/c1-7(2)9-5-4-8(10-3)6-11-12-9/h7-12H,4-6H2,1-3H3/t8-,9-/m1/s1. The van der Waals surface area contributed by atoms with Crippen molar-refractivity contribution in [3.63, 3.8) is 0 Å². The molecule has 0 unspecified atom stereocenters. The van der Waals surface area contributed by atoms with Gasteiger partial charge in [-0.15, -0.1) is 0 Å². The first-order chi connectivity index (χ1) is 5.74. The van der Waals surface area contributed by atoms with E-state index >= 15 is 0 Å². The number of rotatable bonds is 2. The van der Waals surface area contributed by atoms with Gasteiger partial charge in [0.2, 0.25) is 0 Å². The van der Waals surface area contributed by atoms with Crippen LogP contribution in [0, 0.1) is 5.92 Å². The quantitative estimate of drug-likeness (QED) is 0.566. The molecule has 1 fully saturated rings. The van der Waals surface area contributed by atoms with E-state index in [2.05, 4.69) is 30.0 Å². The summed E-state index contributed by atoms with van der Waals surface area (Å²) in [6.45, 7) is 5.55. The van der Waals surface area contributed by atoms with E-state index in [0.717, 1.165) is 6.54 Å². The van der Waals surface area contributed by atoms with E-state index in [4.69, 9.17) is 0 Å². The second-order valence-corrected chi connectivity index (χ2v) is 3.94. The highest BCUT2D eigenvalue weighted by Crippen LogP contribution is 2.11. The first-order valence-electron chi connectivity index (χ1n) is 4.89. The number of likely N-dealkylation sites (N-methyl/N-ethyl adjacent to an activating group) is 1. The summed E-state index contributed by atoms with van der Waals surface area (Å²) in [4.78, 5) is 0. The summed E-state index contributed by atoms with van der Waals surface area (Å²) < 4.78 is 0. The van der Waals surface area contributed by atoms with Gasteiger partial charge < -0.3 is 5.32 Å². The Balaban J connectivity index is 2.34. The molecule has 3 N–H and O–H groups in total. The third kappa shape index (κ3) is 2.73. The Morgan fingerprint density at radius 2 is 2.08 bits per heavy atom. The van der Waals surface area contributed by atoms with E-state index in [9.17, 15) is 0 Å². The zero-order valence-corrected chi connectivity index (χ0v) is 8.35. The van der Waals surface area contributed by atoms with Crippen LogP contribution in [0.1, 0.15) is 26.7 Å². The van der Waals surface area contributed by atoms with Gasteiger partial charge in [0, 0.05) is 18.6 Å². The van der Waals surface area contributed by atoms with Gasteiger partial charge in [-0.25, -0.2) is 0 Å². The Bertz CT molecular complexity index is 125. The third-order valence-corrected chi connectivity index (χ3v) is 2.68. The normalized spacial score (nSPS) is 32.0. The summed E-state index contributed by atoms with van der Waals surface area (Å²) >= 11 is 0. The van der Waals surface area contributed by atoms with Crippen molar-refractivity contribution in [2.24, 2.45) is 5.92 Å². The topological polar surface area (TPSA) is 36.1 Å². The first kappa shape index (κ1) is 9.96. The minimum absolute atomic E-state index is 0.626. The molecule has 0 saturated carbocycles. The molecule has 0 radical (unpaired) electrons. The zero-order chi connectivity index (χ0) is 8.97. The van der Waals surface area contributed by atoms with E-state index < -0.39 is 0 Å². The molecule has 1 aliphatic rings. The minimum Gasteiger partial charge on any atom is -0.316 e. The Kier molecular flexibility index (Phi) is 3.98. The van der Waals surface area contributed by atoms with Crippen molar-refractivity contribution in [2.45, 2.75) is 38.8 Å². The van der Waals surface area contributed by atoms with Crippen LogP contribution in [0.25, 0.3) is 0 Å². The second-order valence-electron chi connectivity index (χ2n) is 3.94. The molecule has 0 aromatic heterocycles. The number of hydrazine groups is 1. The van der Waals surface area contributed by atoms with Crippen molar-refractivity contribution in [3.05, 3.63) is 0 Å². The Hall–Kier alpha value is -0.120.